The van der Waals surface area contributed by atoms with E-state index in [1.54, 1.807) is 0 Å². The summed E-state index contributed by atoms with van der Waals surface area (Å²) in [6, 6.07) is 8.11. The molecule has 1 aromatic heterocycles. The lowest BCUT2D eigenvalue weighted by Gasteiger charge is -2.04. The summed E-state index contributed by atoms with van der Waals surface area (Å²) < 4.78 is 1.06. The van der Waals surface area contributed by atoms with Gasteiger partial charge in [-0.15, -0.1) is 0 Å². The molecule has 0 spiro atoms. The summed E-state index contributed by atoms with van der Waals surface area (Å²) in [4.78, 5) is 9.01. The van der Waals surface area contributed by atoms with E-state index in [-0.39, 0.29) is 0 Å². The normalized spacial score (nSPS) is 10.9. The number of hydrogen-bond donors (Lipinski definition) is 0. The average Bonchev–Trinajstić information content (AvgIpc) is 2.58. The van der Waals surface area contributed by atoms with E-state index in [1.165, 1.54) is 56.9 Å². The Kier molecular flexibility index (Phi) is 8.30. The number of hydrogen-bond acceptors (Lipinski definition) is 2. The molecular weight excluding hydrogens is 348 g/mol. The molecule has 3 heteroatoms. The van der Waals surface area contributed by atoms with Crippen molar-refractivity contribution in [2.45, 2.75) is 64.7 Å². The molecule has 0 N–H and O–H groups in total. The SMILES string of the molecule is CCCCCCCCCCc1cnc(-c2cccc(Br)c2)nc1. The highest BCUT2D eigenvalue weighted by atomic mass is 79.9. The summed E-state index contributed by atoms with van der Waals surface area (Å²) in [5.41, 5.74) is 2.30. The molecule has 23 heavy (non-hydrogen) atoms. The zero-order valence-corrected chi connectivity index (χ0v) is 15.7. The van der Waals surface area contributed by atoms with Crippen LogP contribution in [0, 0.1) is 0 Å². The highest BCUT2D eigenvalue weighted by Gasteiger charge is 2.02. The number of halogens is 1. The largest absolute Gasteiger partial charge is 0.236 e. The lowest BCUT2D eigenvalue weighted by Crippen LogP contribution is -1.93. The predicted octanol–water partition coefficient (Wildman–Crippen LogP) is 6.59. The minimum Gasteiger partial charge on any atom is -0.236 e. The number of rotatable bonds is 10. The van der Waals surface area contributed by atoms with Gasteiger partial charge in [0.15, 0.2) is 5.82 Å². The standard InChI is InChI=1S/C20H27BrN2/c1-2-3-4-5-6-7-8-9-11-17-15-22-20(23-16-17)18-12-10-13-19(21)14-18/h10,12-16H,2-9,11H2,1H3. The minimum absolute atomic E-state index is 0.797. The van der Waals surface area contributed by atoms with Gasteiger partial charge in [0.05, 0.1) is 0 Å². The molecule has 2 nitrogen and oxygen atoms in total. The zero-order chi connectivity index (χ0) is 16.3. The van der Waals surface area contributed by atoms with E-state index in [9.17, 15) is 0 Å². The second-order valence-corrected chi connectivity index (χ2v) is 7.07. The van der Waals surface area contributed by atoms with Gasteiger partial charge in [0.1, 0.15) is 0 Å². The molecule has 0 aliphatic carbocycles. The van der Waals surface area contributed by atoms with Gasteiger partial charge in [-0.2, -0.15) is 0 Å². The molecular formula is C20H27BrN2. The molecule has 2 aromatic rings. The lowest BCUT2D eigenvalue weighted by molar-refractivity contribution is 0.575. The number of unbranched alkanes of at least 4 members (excludes halogenated alkanes) is 7. The molecule has 0 amide bonds. The van der Waals surface area contributed by atoms with E-state index >= 15 is 0 Å². The molecule has 0 saturated carbocycles. The van der Waals surface area contributed by atoms with Crippen LogP contribution >= 0.6 is 15.9 Å². The van der Waals surface area contributed by atoms with E-state index in [4.69, 9.17) is 0 Å². The Labute approximate surface area is 148 Å². The summed E-state index contributed by atoms with van der Waals surface area (Å²) in [5.74, 6) is 0.797. The monoisotopic (exact) mass is 374 g/mol. The Morgan fingerprint density at radius 2 is 1.52 bits per heavy atom. The van der Waals surface area contributed by atoms with Crippen molar-refractivity contribution in [1.82, 2.24) is 9.97 Å². The molecule has 1 aromatic carbocycles. The molecule has 0 fully saturated rings. The quantitative estimate of drug-likeness (QED) is 0.438. The lowest BCUT2D eigenvalue weighted by atomic mass is 10.1. The van der Waals surface area contributed by atoms with E-state index in [1.807, 2.05) is 36.7 Å². The average molecular weight is 375 g/mol. The van der Waals surface area contributed by atoms with Crippen molar-refractivity contribution in [3.63, 3.8) is 0 Å². The fourth-order valence-corrected chi connectivity index (χ4v) is 3.12. The van der Waals surface area contributed by atoms with Crippen molar-refractivity contribution in [3.8, 4) is 11.4 Å². The Balaban J connectivity index is 1.69. The molecule has 2 rings (SSSR count). The first-order valence-corrected chi connectivity index (χ1v) is 9.65. The third-order valence-electron chi connectivity index (χ3n) is 4.11. The Hall–Kier alpha value is -1.22. The van der Waals surface area contributed by atoms with Gasteiger partial charge in [0, 0.05) is 22.4 Å². The number of aryl methyl sites for hydroxylation is 1. The summed E-state index contributed by atoms with van der Waals surface area (Å²) >= 11 is 3.49. The number of nitrogens with zero attached hydrogens (tertiary/aromatic N) is 2. The molecule has 0 atom stereocenters. The third-order valence-corrected chi connectivity index (χ3v) is 4.60. The van der Waals surface area contributed by atoms with Gasteiger partial charge in [0.25, 0.3) is 0 Å². The van der Waals surface area contributed by atoms with Crippen LogP contribution in [-0.4, -0.2) is 9.97 Å². The first-order valence-electron chi connectivity index (χ1n) is 8.86. The first-order chi connectivity index (χ1) is 11.3. The van der Waals surface area contributed by atoms with Crippen LogP contribution in [0.15, 0.2) is 41.1 Å². The maximum atomic E-state index is 4.51. The second kappa shape index (κ2) is 10.5. The van der Waals surface area contributed by atoms with Crippen LogP contribution in [0.3, 0.4) is 0 Å². The van der Waals surface area contributed by atoms with Gasteiger partial charge in [-0.3, -0.25) is 0 Å². The van der Waals surface area contributed by atoms with Crippen LogP contribution in [-0.2, 0) is 6.42 Å². The topological polar surface area (TPSA) is 25.8 Å². The summed E-state index contributed by atoms with van der Waals surface area (Å²) in [6.45, 7) is 2.27. The molecule has 1 heterocycles. The van der Waals surface area contributed by atoms with Gasteiger partial charge in [-0.25, -0.2) is 9.97 Å². The van der Waals surface area contributed by atoms with Gasteiger partial charge in [-0.05, 0) is 30.5 Å². The van der Waals surface area contributed by atoms with Gasteiger partial charge >= 0.3 is 0 Å². The maximum absolute atomic E-state index is 4.51. The molecule has 0 bridgehead atoms. The third kappa shape index (κ3) is 6.82. The van der Waals surface area contributed by atoms with E-state index < -0.39 is 0 Å². The zero-order valence-electron chi connectivity index (χ0n) is 14.1. The molecule has 0 unspecified atom stereocenters. The van der Waals surface area contributed by atoms with Crippen molar-refractivity contribution in [1.29, 1.82) is 0 Å². The second-order valence-electron chi connectivity index (χ2n) is 6.15. The van der Waals surface area contributed by atoms with Crippen LogP contribution in [0.2, 0.25) is 0 Å². The number of aromatic nitrogens is 2. The predicted molar refractivity (Wildman–Crippen MR) is 101 cm³/mol. The fourth-order valence-electron chi connectivity index (χ4n) is 2.72. The van der Waals surface area contributed by atoms with Gasteiger partial charge < -0.3 is 0 Å². The minimum atomic E-state index is 0.797. The van der Waals surface area contributed by atoms with Crippen LogP contribution in [0.1, 0.15) is 63.9 Å². The Morgan fingerprint density at radius 3 is 2.17 bits per heavy atom. The van der Waals surface area contributed by atoms with Crippen LogP contribution in [0.5, 0.6) is 0 Å². The first kappa shape index (κ1) is 18.1. The van der Waals surface area contributed by atoms with Crippen molar-refractivity contribution in [2.75, 3.05) is 0 Å². The van der Waals surface area contributed by atoms with Crippen LogP contribution in [0.4, 0.5) is 0 Å². The molecule has 124 valence electrons. The van der Waals surface area contributed by atoms with E-state index in [0.717, 1.165) is 22.3 Å². The fraction of sp³-hybridized carbons (Fsp3) is 0.500. The van der Waals surface area contributed by atoms with Crippen molar-refractivity contribution in [2.24, 2.45) is 0 Å². The number of benzene rings is 1. The van der Waals surface area contributed by atoms with Crippen molar-refractivity contribution < 1.29 is 0 Å². The van der Waals surface area contributed by atoms with Crippen molar-refractivity contribution in [3.05, 3.63) is 46.7 Å². The summed E-state index contributed by atoms with van der Waals surface area (Å²) in [6.07, 6.45) is 15.9. The summed E-state index contributed by atoms with van der Waals surface area (Å²) in [5, 5.41) is 0. The smallest absolute Gasteiger partial charge is 0.159 e. The van der Waals surface area contributed by atoms with Crippen molar-refractivity contribution >= 4 is 15.9 Å². The maximum Gasteiger partial charge on any atom is 0.159 e. The highest BCUT2D eigenvalue weighted by molar-refractivity contribution is 9.10. The van der Waals surface area contributed by atoms with Crippen LogP contribution < -0.4 is 0 Å². The molecule has 0 saturated heterocycles. The van der Waals surface area contributed by atoms with Gasteiger partial charge in [-0.1, -0.05) is 79.9 Å². The molecule has 0 radical (unpaired) electrons. The molecule has 0 aliphatic rings. The highest BCUT2D eigenvalue weighted by Crippen LogP contribution is 2.19. The summed E-state index contributed by atoms with van der Waals surface area (Å²) in [7, 11) is 0. The van der Waals surface area contributed by atoms with E-state index in [2.05, 4.69) is 32.8 Å². The Morgan fingerprint density at radius 1 is 0.870 bits per heavy atom. The molecule has 0 aliphatic heterocycles. The van der Waals surface area contributed by atoms with Crippen LogP contribution in [0.25, 0.3) is 11.4 Å². The van der Waals surface area contributed by atoms with E-state index in [0.29, 0.717) is 0 Å². The Bertz CT molecular complexity index is 566. The van der Waals surface area contributed by atoms with Gasteiger partial charge in [0.2, 0.25) is 0 Å².